The van der Waals surface area contributed by atoms with E-state index < -0.39 is 0 Å². The zero-order chi connectivity index (χ0) is 20.2. The van der Waals surface area contributed by atoms with Gasteiger partial charge in [0.05, 0.1) is 25.2 Å². The quantitative estimate of drug-likeness (QED) is 0.526. The van der Waals surface area contributed by atoms with E-state index in [9.17, 15) is 4.79 Å². The van der Waals surface area contributed by atoms with E-state index in [-0.39, 0.29) is 18.4 Å². The van der Waals surface area contributed by atoms with Gasteiger partial charge in [-0.3, -0.25) is 4.79 Å². The van der Waals surface area contributed by atoms with Crippen LogP contribution in [-0.4, -0.2) is 30.7 Å². The zero-order valence-corrected chi connectivity index (χ0v) is 16.5. The van der Waals surface area contributed by atoms with Crippen LogP contribution in [0, 0.1) is 0 Å². The Labute approximate surface area is 172 Å². The highest BCUT2D eigenvalue weighted by molar-refractivity contribution is 6.30. The monoisotopic (exact) mass is 406 g/mol. The molecule has 4 aromatic rings. The Morgan fingerprint density at radius 2 is 1.79 bits per heavy atom. The molecule has 0 radical (unpaired) electrons. The molecule has 0 saturated heterocycles. The molecule has 2 aromatic heterocycles. The molecule has 0 aliphatic rings. The molecule has 8 heteroatoms. The highest BCUT2D eigenvalue weighted by atomic mass is 35.5. The Hall–Kier alpha value is -3.45. The number of aryl methyl sites for hydroxylation is 1. The van der Waals surface area contributed by atoms with Crippen molar-refractivity contribution < 1.29 is 4.79 Å². The predicted octanol–water partition coefficient (Wildman–Crippen LogP) is 3.95. The standard InChI is InChI=1S/C21H19ClN6O/c1-27-25-21(24-26-27)17-6-2-3-7-18(17)23-20(29)14-19(28-12-4-5-13-28)15-8-10-16(22)11-9-15/h2-13,19H,14H2,1H3,(H,23,29)/t19-/m0/s1. The number of nitrogens with zero attached hydrogens (tertiary/aromatic N) is 5. The molecule has 0 bridgehead atoms. The molecule has 0 spiro atoms. The number of hydrogen-bond acceptors (Lipinski definition) is 4. The number of para-hydroxylation sites is 1. The number of aromatic nitrogens is 5. The molecule has 146 valence electrons. The Balaban J connectivity index is 1.57. The zero-order valence-electron chi connectivity index (χ0n) is 15.7. The van der Waals surface area contributed by atoms with Crippen LogP contribution in [0.4, 0.5) is 5.69 Å². The van der Waals surface area contributed by atoms with Crippen LogP contribution in [0.5, 0.6) is 0 Å². The van der Waals surface area contributed by atoms with Gasteiger partial charge in [-0.05, 0) is 47.2 Å². The normalized spacial score (nSPS) is 11.9. The Morgan fingerprint density at radius 3 is 2.48 bits per heavy atom. The fraction of sp³-hybridized carbons (Fsp3) is 0.143. The third-order valence-corrected chi connectivity index (χ3v) is 4.82. The van der Waals surface area contributed by atoms with Crippen molar-refractivity contribution in [3.8, 4) is 11.4 Å². The summed E-state index contributed by atoms with van der Waals surface area (Å²) in [6.45, 7) is 0. The number of carbonyl (C=O) groups is 1. The van der Waals surface area contributed by atoms with Crippen LogP contribution in [0.25, 0.3) is 11.4 Å². The molecular formula is C21H19ClN6O. The van der Waals surface area contributed by atoms with Crippen molar-refractivity contribution in [3.63, 3.8) is 0 Å². The van der Waals surface area contributed by atoms with Gasteiger partial charge in [-0.25, -0.2) is 0 Å². The summed E-state index contributed by atoms with van der Waals surface area (Å²) < 4.78 is 2.01. The number of tetrazole rings is 1. The van der Waals surface area contributed by atoms with Gasteiger partial charge in [-0.2, -0.15) is 4.80 Å². The molecular weight excluding hydrogens is 388 g/mol. The van der Waals surface area contributed by atoms with Crippen LogP contribution in [-0.2, 0) is 11.8 Å². The smallest absolute Gasteiger partial charge is 0.226 e. The van der Waals surface area contributed by atoms with Crippen LogP contribution in [0.15, 0.2) is 73.1 Å². The Bertz CT molecular complexity index is 1100. The first kappa shape index (κ1) is 18.9. The van der Waals surface area contributed by atoms with Gasteiger partial charge < -0.3 is 9.88 Å². The average molecular weight is 407 g/mol. The van der Waals surface area contributed by atoms with Crippen LogP contribution in [0.1, 0.15) is 18.0 Å². The molecule has 29 heavy (non-hydrogen) atoms. The fourth-order valence-corrected chi connectivity index (χ4v) is 3.32. The molecule has 2 aromatic carbocycles. The summed E-state index contributed by atoms with van der Waals surface area (Å²) in [4.78, 5) is 14.3. The summed E-state index contributed by atoms with van der Waals surface area (Å²) in [5.74, 6) is 0.345. The molecule has 1 atom stereocenters. The largest absolute Gasteiger partial charge is 0.346 e. The maximum Gasteiger partial charge on any atom is 0.226 e. The first-order chi connectivity index (χ1) is 14.1. The number of carbonyl (C=O) groups excluding carboxylic acids is 1. The highest BCUT2D eigenvalue weighted by Crippen LogP contribution is 2.27. The second-order valence-corrected chi connectivity index (χ2v) is 7.03. The molecule has 2 heterocycles. The van der Waals surface area contributed by atoms with E-state index in [1.54, 1.807) is 7.05 Å². The van der Waals surface area contributed by atoms with E-state index in [2.05, 4.69) is 20.7 Å². The first-order valence-corrected chi connectivity index (χ1v) is 9.49. The van der Waals surface area contributed by atoms with Crippen molar-refractivity contribution in [1.82, 2.24) is 24.8 Å². The lowest BCUT2D eigenvalue weighted by molar-refractivity contribution is -0.116. The molecule has 0 aliphatic carbocycles. The van der Waals surface area contributed by atoms with E-state index in [1.165, 1.54) is 4.80 Å². The van der Waals surface area contributed by atoms with Crippen molar-refractivity contribution in [1.29, 1.82) is 0 Å². The van der Waals surface area contributed by atoms with E-state index in [1.807, 2.05) is 77.6 Å². The highest BCUT2D eigenvalue weighted by Gasteiger charge is 2.19. The summed E-state index contributed by atoms with van der Waals surface area (Å²) in [7, 11) is 1.70. The second-order valence-electron chi connectivity index (χ2n) is 6.60. The summed E-state index contributed by atoms with van der Waals surface area (Å²) in [5.41, 5.74) is 2.37. The molecule has 0 fully saturated rings. The Kier molecular flexibility index (Phi) is 5.39. The number of hydrogen-bond donors (Lipinski definition) is 1. The third kappa shape index (κ3) is 4.35. The van der Waals surface area contributed by atoms with Crippen LogP contribution in [0.3, 0.4) is 0 Å². The first-order valence-electron chi connectivity index (χ1n) is 9.11. The lowest BCUT2D eigenvalue weighted by atomic mass is 10.0. The number of halogens is 1. The van der Waals surface area contributed by atoms with E-state index in [4.69, 9.17) is 11.6 Å². The van der Waals surface area contributed by atoms with E-state index >= 15 is 0 Å². The van der Waals surface area contributed by atoms with Gasteiger partial charge in [-0.1, -0.05) is 35.9 Å². The molecule has 1 amide bonds. The lowest BCUT2D eigenvalue weighted by Gasteiger charge is -2.20. The molecule has 7 nitrogen and oxygen atoms in total. The fourth-order valence-electron chi connectivity index (χ4n) is 3.19. The van der Waals surface area contributed by atoms with E-state index in [0.29, 0.717) is 16.5 Å². The minimum atomic E-state index is -0.149. The minimum Gasteiger partial charge on any atom is -0.346 e. The van der Waals surface area contributed by atoms with Crippen molar-refractivity contribution in [2.75, 3.05) is 5.32 Å². The number of anilines is 1. The average Bonchev–Trinajstić information content (AvgIpc) is 3.39. The molecule has 0 aliphatic heterocycles. The maximum absolute atomic E-state index is 12.9. The summed E-state index contributed by atoms with van der Waals surface area (Å²) in [5, 5.41) is 15.8. The lowest BCUT2D eigenvalue weighted by Crippen LogP contribution is -2.20. The maximum atomic E-state index is 12.9. The van der Waals surface area contributed by atoms with Gasteiger partial charge in [0.1, 0.15) is 0 Å². The molecule has 1 N–H and O–H groups in total. The molecule has 0 saturated carbocycles. The summed E-state index contributed by atoms with van der Waals surface area (Å²) in [6.07, 6.45) is 4.16. The number of rotatable bonds is 6. The number of benzene rings is 2. The molecule has 4 rings (SSSR count). The van der Waals surface area contributed by atoms with E-state index in [0.717, 1.165) is 11.1 Å². The van der Waals surface area contributed by atoms with Crippen molar-refractivity contribution in [2.45, 2.75) is 12.5 Å². The van der Waals surface area contributed by atoms with Crippen LogP contribution >= 0.6 is 11.6 Å². The van der Waals surface area contributed by atoms with Crippen LogP contribution in [0.2, 0.25) is 5.02 Å². The van der Waals surface area contributed by atoms with Gasteiger partial charge in [0, 0.05) is 23.0 Å². The van der Waals surface area contributed by atoms with Gasteiger partial charge in [0.15, 0.2) is 0 Å². The predicted molar refractivity (Wildman–Crippen MR) is 112 cm³/mol. The Morgan fingerprint density at radius 1 is 1.07 bits per heavy atom. The number of amides is 1. The van der Waals surface area contributed by atoms with Crippen molar-refractivity contribution in [3.05, 3.63) is 83.6 Å². The van der Waals surface area contributed by atoms with Gasteiger partial charge in [0.2, 0.25) is 11.7 Å². The second kappa shape index (κ2) is 8.28. The van der Waals surface area contributed by atoms with Gasteiger partial charge >= 0.3 is 0 Å². The third-order valence-electron chi connectivity index (χ3n) is 4.57. The minimum absolute atomic E-state index is 0.116. The van der Waals surface area contributed by atoms with Gasteiger partial charge in [0.25, 0.3) is 0 Å². The SMILES string of the molecule is Cn1nnc(-c2ccccc2NC(=O)C[C@@H](c2ccc(Cl)cc2)n2cccc2)n1. The number of nitrogens with one attached hydrogen (secondary N) is 1. The topological polar surface area (TPSA) is 77.6 Å². The van der Waals surface area contributed by atoms with Crippen molar-refractivity contribution >= 4 is 23.2 Å². The summed E-state index contributed by atoms with van der Waals surface area (Å²) >= 11 is 6.03. The van der Waals surface area contributed by atoms with Crippen LogP contribution < -0.4 is 5.32 Å². The van der Waals surface area contributed by atoms with Crippen molar-refractivity contribution in [2.24, 2.45) is 7.05 Å². The van der Waals surface area contributed by atoms with Gasteiger partial charge in [-0.15, -0.1) is 10.2 Å². The molecule has 0 unspecified atom stereocenters. The summed E-state index contributed by atoms with van der Waals surface area (Å²) in [6, 6.07) is 18.7.